The third-order valence-corrected chi connectivity index (χ3v) is 2.69. The minimum atomic E-state index is 0. The van der Waals surface area contributed by atoms with E-state index in [-0.39, 0.29) is 12.4 Å². The molecule has 0 saturated carbocycles. The van der Waals surface area contributed by atoms with Crippen LogP contribution in [0.5, 0.6) is 0 Å². The van der Waals surface area contributed by atoms with Gasteiger partial charge in [0.1, 0.15) is 0 Å². The van der Waals surface area contributed by atoms with Crippen molar-refractivity contribution in [3.63, 3.8) is 0 Å². The van der Waals surface area contributed by atoms with Gasteiger partial charge in [-0.1, -0.05) is 0 Å². The first kappa shape index (κ1) is 13.6. The molecule has 1 N–H and O–H groups in total. The van der Waals surface area contributed by atoms with Gasteiger partial charge >= 0.3 is 0 Å². The van der Waals surface area contributed by atoms with Gasteiger partial charge in [-0.25, -0.2) is 0 Å². The Balaban J connectivity index is 0.00000144. The van der Waals surface area contributed by atoms with E-state index in [2.05, 4.69) is 29.4 Å². The molecular weight excluding hydrogens is 238 g/mol. The fraction of sp³-hybridized carbons (Fsp3) is 0.455. The van der Waals surface area contributed by atoms with E-state index >= 15 is 0 Å². The summed E-state index contributed by atoms with van der Waals surface area (Å²) < 4.78 is 3.80. The van der Waals surface area contributed by atoms with Crippen molar-refractivity contribution in [2.45, 2.75) is 26.9 Å². The van der Waals surface area contributed by atoms with Gasteiger partial charge < -0.3 is 5.32 Å². The zero-order valence-electron chi connectivity index (χ0n) is 10.3. The van der Waals surface area contributed by atoms with Gasteiger partial charge in [0.25, 0.3) is 0 Å². The second kappa shape index (κ2) is 5.72. The second-order valence-corrected chi connectivity index (χ2v) is 3.84. The minimum absolute atomic E-state index is 0. The van der Waals surface area contributed by atoms with Crippen molar-refractivity contribution < 1.29 is 0 Å². The normalized spacial score (nSPS) is 10.1. The van der Waals surface area contributed by atoms with Crippen LogP contribution < -0.4 is 5.32 Å². The van der Waals surface area contributed by atoms with Crippen LogP contribution in [-0.4, -0.2) is 19.6 Å². The summed E-state index contributed by atoms with van der Waals surface area (Å²) in [7, 11) is 1.96. The third kappa shape index (κ3) is 3.00. The molecule has 2 aromatic heterocycles. The lowest BCUT2D eigenvalue weighted by atomic mass is 10.3. The lowest BCUT2D eigenvalue weighted by molar-refractivity contribution is 0.660. The van der Waals surface area contributed by atoms with E-state index in [4.69, 9.17) is 0 Å². The van der Waals surface area contributed by atoms with Gasteiger partial charge in [-0.3, -0.25) is 9.36 Å². The maximum absolute atomic E-state index is 4.21. The number of halogens is 1. The lowest BCUT2D eigenvalue weighted by Crippen LogP contribution is -2.06. The number of aromatic nitrogens is 4. The fourth-order valence-electron chi connectivity index (χ4n) is 1.64. The van der Waals surface area contributed by atoms with Gasteiger partial charge in [0.2, 0.25) is 0 Å². The molecule has 0 unspecified atom stereocenters. The van der Waals surface area contributed by atoms with Crippen LogP contribution in [0.15, 0.2) is 18.6 Å². The van der Waals surface area contributed by atoms with E-state index in [1.54, 1.807) is 0 Å². The van der Waals surface area contributed by atoms with Gasteiger partial charge in [-0.2, -0.15) is 10.2 Å². The van der Waals surface area contributed by atoms with E-state index in [1.165, 1.54) is 11.3 Å². The Hall–Kier alpha value is -1.49. The van der Waals surface area contributed by atoms with Gasteiger partial charge in [0, 0.05) is 19.8 Å². The van der Waals surface area contributed by atoms with Crippen LogP contribution in [0.25, 0.3) is 0 Å². The Kier molecular flexibility index (Phi) is 4.57. The number of aryl methyl sites for hydroxylation is 3. The number of hydrogen-bond donors (Lipinski definition) is 1. The molecule has 0 aromatic carbocycles. The van der Waals surface area contributed by atoms with E-state index in [9.17, 15) is 0 Å². The molecule has 0 aliphatic carbocycles. The second-order valence-electron chi connectivity index (χ2n) is 3.84. The lowest BCUT2D eigenvalue weighted by Gasteiger charge is -2.05. The summed E-state index contributed by atoms with van der Waals surface area (Å²) in [5.74, 6) is 0. The van der Waals surface area contributed by atoms with Crippen molar-refractivity contribution in [1.82, 2.24) is 19.6 Å². The molecule has 0 aliphatic heterocycles. The topological polar surface area (TPSA) is 47.7 Å². The van der Waals surface area contributed by atoms with E-state index < -0.39 is 0 Å². The standard InChI is InChI=1S/C11H17N5.ClH/c1-4-16-8-10(6-14-16)12-7-11-9(2)5-13-15(11)3;/h5-6,8,12H,4,7H2,1-3H3;1H. The minimum Gasteiger partial charge on any atom is -0.377 e. The van der Waals surface area contributed by atoms with Crippen LogP contribution in [0.1, 0.15) is 18.2 Å². The highest BCUT2D eigenvalue weighted by atomic mass is 35.5. The van der Waals surface area contributed by atoms with Crippen molar-refractivity contribution in [2.24, 2.45) is 7.05 Å². The molecule has 2 rings (SSSR count). The highest BCUT2D eigenvalue weighted by molar-refractivity contribution is 5.85. The van der Waals surface area contributed by atoms with Crippen molar-refractivity contribution in [3.8, 4) is 0 Å². The number of hydrogen-bond acceptors (Lipinski definition) is 3. The largest absolute Gasteiger partial charge is 0.377 e. The Morgan fingerprint density at radius 3 is 2.59 bits per heavy atom. The molecule has 94 valence electrons. The number of nitrogens with zero attached hydrogens (tertiary/aromatic N) is 4. The molecule has 17 heavy (non-hydrogen) atoms. The van der Waals surface area contributed by atoms with Crippen LogP contribution in [0.2, 0.25) is 0 Å². The molecule has 2 aromatic rings. The van der Waals surface area contributed by atoms with Gasteiger partial charge in [-0.05, 0) is 19.4 Å². The molecule has 2 heterocycles. The summed E-state index contributed by atoms with van der Waals surface area (Å²) in [6, 6.07) is 0. The van der Waals surface area contributed by atoms with Crippen LogP contribution in [0.4, 0.5) is 5.69 Å². The van der Waals surface area contributed by atoms with Crippen LogP contribution >= 0.6 is 12.4 Å². The zero-order chi connectivity index (χ0) is 11.5. The first-order chi connectivity index (χ1) is 7.70. The fourth-order valence-corrected chi connectivity index (χ4v) is 1.64. The van der Waals surface area contributed by atoms with E-state index in [0.717, 1.165) is 18.8 Å². The molecule has 0 atom stereocenters. The molecule has 0 amide bonds. The maximum atomic E-state index is 4.21. The number of anilines is 1. The Bertz CT molecular complexity index is 454. The summed E-state index contributed by atoms with van der Waals surface area (Å²) >= 11 is 0. The zero-order valence-corrected chi connectivity index (χ0v) is 11.2. The molecule has 0 aliphatic rings. The van der Waals surface area contributed by atoms with Crippen molar-refractivity contribution in [2.75, 3.05) is 5.32 Å². The summed E-state index contributed by atoms with van der Waals surface area (Å²) in [5.41, 5.74) is 3.45. The molecule has 0 fully saturated rings. The molecule has 0 radical (unpaired) electrons. The molecule has 0 saturated heterocycles. The average Bonchev–Trinajstić information content (AvgIpc) is 2.85. The molecule has 0 spiro atoms. The summed E-state index contributed by atoms with van der Waals surface area (Å²) in [6.45, 7) is 5.81. The van der Waals surface area contributed by atoms with Gasteiger partial charge in [0.05, 0.1) is 30.3 Å². The monoisotopic (exact) mass is 255 g/mol. The van der Waals surface area contributed by atoms with Crippen molar-refractivity contribution in [1.29, 1.82) is 0 Å². The molecular formula is C11H18ClN5. The molecule has 6 heteroatoms. The molecule has 0 bridgehead atoms. The van der Waals surface area contributed by atoms with Crippen LogP contribution in [-0.2, 0) is 20.1 Å². The Morgan fingerprint density at radius 2 is 2.06 bits per heavy atom. The van der Waals surface area contributed by atoms with Crippen LogP contribution in [0.3, 0.4) is 0 Å². The first-order valence-corrected chi connectivity index (χ1v) is 5.44. The van der Waals surface area contributed by atoms with Crippen molar-refractivity contribution in [3.05, 3.63) is 29.8 Å². The van der Waals surface area contributed by atoms with Gasteiger partial charge in [-0.15, -0.1) is 12.4 Å². The Labute approximate surface area is 107 Å². The smallest absolute Gasteiger partial charge is 0.0729 e. The highest BCUT2D eigenvalue weighted by Crippen LogP contribution is 2.10. The number of nitrogens with one attached hydrogen (secondary N) is 1. The average molecular weight is 256 g/mol. The quantitative estimate of drug-likeness (QED) is 0.909. The summed E-state index contributed by atoms with van der Waals surface area (Å²) in [6.07, 6.45) is 5.73. The maximum Gasteiger partial charge on any atom is 0.0729 e. The van der Waals surface area contributed by atoms with E-state index in [1.807, 2.05) is 35.0 Å². The Morgan fingerprint density at radius 1 is 1.29 bits per heavy atom. The highest BCUT2D eigenvalue weighted by Gasteiger charge is 2.04. The number of rotatable bonds is 4. The van der Waals surface area contributed by atoms with Crippen LogP contribution in [0, 0.1) is 6.92 Å². The SMILES string of the molecule is CCn1cc(NCc2c(C)cnn2C)cn1.Cl. The van der Waals surface area contributed by atoms with Gasteiger partial charge in [0.15, 0.2) is 0 Å². The summed E-state index contributed by atoms with van der Waals surface area (Å²) in [4.78, 5) is 0. The summed E-state index contributed by atoms with van der Waals surface area (Å²) in [5, 5.41) is 11.8. The third-order valence-electron chi connectivity index (χ3n) is 2.69. The van der Waals surface area contributed by atoms with Crippen molar-refractivity contribution >= 4 is 18.1 Å². The van der Waals surface area contributed by atoms with E-state index in [0.29, 0.717) is 0 Å². The predicted molar refractivity (Wildman–Crippen MR) is 70.4 cm³/mol. The first-order valence-electron chi connectivity index (χ1n) is 5.44. The molecule has 5 nitrogen and oxygen atoms in total. The predicted octanol–water partition coefficient (Wildman–Crippen LogP) is 1.98.